The van der Waals surface area contributed by atoms with Crippen LogP contribution in [0.5, 0.6) is 0 Å². The van der Waals surface area contributed by atoms with E-state index < -0.39 is 24.4 Å². The first-order valence-corrected chi connectivity index (χ1v) is 6.72. The van der Waals surface area contributed by atoms with Gasteiger partial charge in [0.2, 0.25) is 6.08 Å². The van der Waals surface area contributed by atoms with Gasteiger partial charge >= 0.3 is 24.4 Å². The Hall–Kier alpha value is -3.18. The van der Waals surface area contributed by atoms with Crippen LogP contribution in [0.2, 0.25) is 0 Å². The molecule has 0 rings (SSSR count). The highest BCUT2D eigenvalue weighted by Crippen LogP contribution is 2.02. The standard InChI is InChI=1S/C11H18N6O7/c12-8(19)23-10(21)15-16-17(11(22)24-9(13)20)6-4-2-1-3-5-14-7-18/h16H,1-6H2,(H2,12,19)(H2,13,20)(H,15,21). The van der Waals surface area contributed by atoms with Crippen molar-refractivity contribution in [3.63, 3.8) is 0 Å². The van der Waals surface area contributed by atoms with Gasteiger partial charge in [0.15, 0.2) is 0 Å². The van der Waals surface area contributed by atoms with Crippen LogP contribution in [0, 0.1) is 0 Å². The van der Waals surface area contributed by atoms with E-state index >= 15 is 0 Å². The summed E-state index contributed by atoms with van der Waals surface area (Å²) in [7, 11) is 0. The molecule has 0 radical (unpaired) electrons. The van der Waals surface area contributed by atoms with Gasteiger partial charge in [-0.15, -0.1) is 5.53 Å². The fraction of sp³-hybridized carbons (Fsp3) is 0.545. The summed E-state index contributed by atoms with van der Waals surface area (Å²) in [6, 6.07) is 0. The molecule has 24 heavy (non-hydrogen) atoms. The summed E-state index contributed by atoms with van der Waals surface area (Å²) in [5, 5.41) is 0.733. The highest BCUT2D eigenvalue weighted by molar-refractivity contribution is 5.83. The maximum Gasteiger partial charge on any atom is 0.434 e. The molecule has 4 amide bonds. The number of carbonyl (C=O) groups excluding carboxylic acids is 5. The SMILES string of the molecule is NC(=O)OC(=O)NNN(CCCCCCN=C=O)C(=O)OC(N)=O. The van der Waals surface area contributed by atoms with Crippen LogP contribution in [0.4, 0.5) is 19.2 Å². The van der Waals surface area contributed by atoms with Crippen LogP contribution in [-0.2, 0) is 14.3 Å². The molecule has 0 bridgehead atoms. The zero-order chi connectivity index (χ0) is 18.4. The molecule has 0 aromatic heterocycles. The van der Waals surface area contributed by atoms with Crippen LogP contribution in [0.25, 0.3) is 0 Å². The minimum atomic E-state index is -1.35. The molecule has 0 saturated carbocycles. The van der Waals surface area contributed by atoms with Crippen molar-refractivity contribution >= 4 is 30.5 Å². The molecule has 0 spiro atoms. The molecule has 0 saturated heterocycles. The number of nitrogens with two attached hydrogens (primary N) is 2. The third-order valence-corrected chi connectivity index (χ3v) is 2.36. The number of amides is 4. The summed E-state index contributed by atoms with van der Waals surface area (Å²) in [5.41, 5.74) is 13.3. The Morgan fingerprint density at radius 1 is 1.00 bits per heavy atom. The molecule has 0 aliphatic heterocycles. The molecule has 13 nitrogen and oxygen atoms in total. The van der Waals surface area contributed by atoms with Gasteiger partial charge in [-0.3, -0.25) is 0 Å². The molecule has 0 aliphatic carbocycles. The number of hydrogen-bond donors (Lipinski definition) is 4. The average molecular weight is 346 g/mol. The predicted octanol–water partition coefficient (Wildman–Crippen LogP) is -0.376. The van der Waals surface area contributed by atoms with E-state index in [1.807, 2.05) is 5.43 Å². The lowest BCUT2D eigenvalue weighted by atomic mass is 10.2. The average Bonchev–Trinajstić information content (AvgIpc) is 2.47. The predicted molar refractivity (Wildman–Crippen MR) is 76.6 cm³/mol. The third kappa shape index (κ3) is 11.5. The van der Waals surface area contributed by atoms with E-state index in [9.17, 15) is 24.0 Å². The van der Waals surface area contributed by atoms with E-state index in [4.69, 9.17) is 5.73 Å². The molecule has 0 atom stereocenters. The van der Waals surface area contributed by atoms with Gasteiger partial charge in [-0.05, 0) is 12.8 Å². The number of nitrogens with zero attached hydrogens (tertiary/aromatic N) is 2. The Balaban J connectivity index is 4.29. The normalized spacial score (nSPS) is 9.33. The maximum atomic E-state index is 11.6. The monoisotopic (exact) mass is 346 g/mol. The van der Waals surface area contributed by atoms with Crippen LogP contribution in [0.15, 0.2) is 4.99 Å². The molecule has 13 heteroatoms. The lowest BCUT2D eigenvalue weighted by Gasteiger charge is -2.21. The maximum absolute atomic E-state index is 11.6. The second kappa shape index (κ2) is 12.4. The minimum Gasteiger partial charge on any atom is -0.359 e. The van der Waals surface area contributed by atoms with Gasteiger partial charge in [-0.25, -0.2) is 39.4 Å². The van der Waals surface area contributed by atoms with Gasteiger partial charge in [-0.2, -0.15) is 0 Å². The first-order valence-electron chi connectivity index (χ1n) is 6.72. The molecule has 0 unspecified atom stereocenters. The molecule has 0 heterocycles. The number of rotatable bonds is 9. The zero-order valence-electron chi connectivity index (χ0n) is 12.6. The van der Waals surface area contributed by atoms with E-state index in [0.717, 1.165) is 11.4 Å². The topological polar surface area (TPSA) is 196 Å². The molecular formula is C11H18N6O7. The summed E-state index contributed by atoms with van der Waals surface area (Å²) in [6.45, 7) is 0.385. The van der Waals surface area contributed by atoms with Crippen LogP contribution in [0.1, 0.15) is 25.7 Å². The van der Waals surface area contributed by atoms with E-state index in [-0.39, 0.29) is 6.54 Å². The number of ether oxygens (including phenoxy) is 2. The van der Waals surface area contributed by atoms with Crippen molar-refractivity contribution in [1.29, 1.82) is 0 Å². The summed E-state index contributed by atoms with van der Waals surface area (Å²) in [4.78, 5) is 56.9. The Kier molecular flexibility index (Phi) is 10.7. The molecular weight excluding hydrogens is 328 g/mol. The largest absolute Gasteiger partial charge is 0.434 e. The van der Waals surface area contributed by atoms with Gasteiger partial charge in [0.25, 0.3) is 0 Å². The Labute approximate surface area is 136 Å². The number of hydrazine groups is 2. The smallest absolute Gasteiger partial charge is 0.359 e. The van der Waals surface area contributed by atoms with Gasteiger partial charge in [-0.1, -0.05) is 12.8 Å². The summed E-state index contributed by atoms with van der Waals surface area (Å²) < 4.78 is 8.11. The number of primary amides is 2. The molecule has 0 aromatic carbocycles. The molecule has 0 aromatic rings. The molecule has 134 valence electrons. The van der Waals surface area contributed by atoms with Crippen molar-refractivity contribution < 1.29 is 33.4 Å². The molecule has 0 fully saturated rings. The van der Waals surface area contributed by atoms with Crippen molar-refractivity contribution in [1.82, 2.24) is 16.0 Å². The highest BCUT2D eigenvalue weighted by atomic mass is 16.6. The zero-order valence-corrected chi connectivity index (χ0v) is 12.6. The van der Waals surface area contributed by atoms with Crippen molar-refractivity contribution in [2.45, 2.75) is 25.7 Å². The lowest BCUT2D eigenvalue weighted by molar-refractivity contribution is 0.0885. The van der Waals surface area contributed by atoms with Crippen LogP contribution >= 0.6 is 0 Å². The second-order valence-electron chi connectivity index (χ2n) is 4.17. The Morgan fingerprint density at radius 2 is 1.62 bits per heavy atom. The van der Waals surface area contributed by atoms with Crippen LogP contribution in [-0.4, -0.2) is 48.6 Å². The summed E-state index contributed by atoms with van der Waals surface area (Å²) in [5.74, 6) is 0. The Bertz CT molecular complexity index is 505. The third-order valence-electron chi connectivity index (χ3n) is 2.36. The van der Waals surface area contributed by atoms with Crippen molar-refractivity contribution in [3.05, 3.63) is 0 Å². The number of aliphatic imine (C=N–C) groups is 1. The van der Waals surface area contributed by atoms with Crippen LogP contribution in [0.3, 0.4) is 0 Å². The molecule has 0 aliphatic rings. The summed E-state index contributed by atoms with van der Waals surface area (Å²) in [6.07, 6.45) is -1.21. The number of carbonyl (C=O) groups is 4. The minimum absolute atomic E-state index is 0.0277. The van der Waals surface area contributed by atoms with E-state index in [2.05, 4.69) is 25.7 Å². The first-order chi connectivity index (χ1) is 11.4. The van der Waals surface area contributed by atoms with E-state index in [0.29, 0.717) is 25.8 Å². The number of unbranched alkanes of at least 4 members (excludes halogenated alkanes) is 3. The second-order valence-corrected chi connectivity index (χ2v) is 4.17. The van der Waals surface area contributed by atoms with E-state index in [1.165, 1.54) is 6.08 Å². The van der Waals surface area contributed by atoms with Crippen molar-refractivity contribution in [2.75, 3.05) is 13.1 Å². The van der Waals surface area contributed by atoms with Gasteiger partial charge in [0.1, 0.15) is 0 Å². The quantitative estimate of drug-likeness (QED) is 0.142. The van der Waals surface area contributed by atoms with Crippen molar-refractivity contribution in [2.24, 2.45) is 16.5 Å². The fourth-order valence-electron chi connectivity index (χ4n) is 1.42. The van der Waals surface area contributed by atoms with Gasteiger partial charge in [0.05, 0.1) is 6.54 Å². The number of nitrogens with one attached hydrogen (secondary N) is 2. The fourth-order valence-corrected chi connectivity index (χ4v) is 1.42. The van der Waals surface area contributed by atoms with E-state index in [1.54, 1.807) is 0 Å². The first kappa shape index (κ1) is 20.8. The van der Waals surface area contributed by atoms with Gasteiger partial charge < -0.3 is 20.9 Å². The highest BCUT2D eigenvalue weighted by Gasteiger charge is 2.18. The van der Waals surface area contributed by atoms with Crippen LogP contribution < -0.4 is 22.4 Å². The summed E-state index contributed by atoms with van der Waals surface area (Å²) >= 11 is 0. The molecule has 6 N–H and O–H groups in total. The number of isocyanates is 1. The number of hydrogen-bond acceptors (Lipinski definition) is 9. The lowest BCUT2D eigenvalue weighted by Crippen LogP contribution is -2.53. The van der Waals surface area contributed by atoms with Crippen molar-refractivity contribution in [3.8, 4) is 0 Å². The Morgan fingerprint density at radius 3 is 2.21 bits per heavy atom. The van der Waals surface area contributed by atoms with Gasteiger partial charge in [0, 0.05) is 6.54 Å².